The minimum Gasteiger partial charge on any atom is -0.399 e. The summed E-state index contributed by atoms with van der Waals surface area (Å²) in [5, 5.41) is 2.93. The largest absolute Gasteiger partial charge is 0.399 e. The van der Waals surface area contributed by atoms with Gasteiger partial charge in [0.25, 0.3) is 0 Å². The number of fused-ring (bicyclic) bond motifs is 1. The number of nitrogens with zero attached hydrogens (tertiary/aromatic N) is 1. The molecule has 3 rings (SSSR count). The van der Waals surface area contributed by atoms with Crippen LogP contribution in [-0.2, 0) is 11.2 Å². The summed E-state index contributed by atoms with van der Waals surface area (Å²) in [6.45, 7) is 2.32. The van der Waals surface area contributed by atoms with Crippen LogP contribution in [0.5, 0.6) is 0 Å². The lowest BCUT2D eigenvalue weighted by atomic mass is 10.1. The van der Waals surface area contributed by atoms with Gasteiger partial charge >= 0.3 is 0 Å². The number of benzene rings is 1. The van der Waals surface area contributed by atoms with Crippen LogP contribution in [0.4, 0.5) is 5.69 Å². The first-order valence-electron chi connectivity index (χ1n) is 6.63. The number of carbonyl (C=O) groups is 1. The molecule has 18 heavy (non-hydrogen) atoms. The van der Waals surface area contributed by atoms with Crippen molar-refractivity contribution in [1.82, 2.24) is 10.2 Å². The van der Waals surface area contributed by atoms with Gasteiger partial charge < -0.3 is 11.1 Å². The maximum absolute atomic E-state index is 11.6. The standard InChI is InChI=1S/C14H19N3O/c15-11-3-4-12-10(8-11)2-5-13(12)17-7-1-6-16-14(18)9-17/h3-4,8,13H,1-2,5-7,9,15H2,(H,16,18). The topological polar surface area (TPSA) is 58.4 Å². The first-order valence-corrected chi connectivity index (χ1v) is 6.63. The second-order valence-electron chi connectivity index (χ2n) is 5.19. The number of nitrogen functional groups attached to an aromatic ring is 1. The van der Waals surface area contributed by atoms with E-state index in [1.807, 2.05) is 6.07 Å². The van der Waals surface area contributed by atoms with Crippen LogP contribution in [0, 0.1) is 0 Å². The molecule has 1 heterocycles. The third kappa shape index (κ3) is 2.08. The smallest absolute Gasteiger partial charge is 0.234 e. The zero-order chi connectivity index (χ0) is 12.5. The zero-order valence-electron chi connectivity index (χ0n) is 10.5. The Kier molecular flexibility index (Phi) is 2.96. The Bertz CT molecular complexity index is 472. The van der Waals surface area contributed by atoms with E-state index in [0.29, 0.717) is 12.6 Å². The highest BCUT2D eigenvalue weighted by atomic mass is 16.2. The number of nitrogens with two attached hydrogens (primary N) is 1. The van der Waals surface area contributed by atoms with Crippen molar-refractivity contribution in [2.24, 2.45) is 0 Å². The highest BCUT2D eigenvalue weighted by Gasteiger charge is 2.29. The molecular formula is C14H19N3O. The fraction of sp³-hybridized carbons (Fsp3) is 0.500. The molecule has 0 bridgehead atoms. The third-order valence-electron chi connectivity index (χ3n) is 3.94. The van der Waals surface area contributed by atoms with E-state index in [-0.39, 0.29) is 5.91 Å². The number of carbonyl (C=O) groups excluding carboxylic acids is 1. The summed E-state index contributed by atoms with van der Waals surface area (Å²) in [5.41, 5.74) is 9.37. The molecule has 1 fully saturated rings. The monoisotopic (exact) mass is 245 g/mol. The Morgan fingerprint density at radius 1 is 1.39 bits per heavy atom. The van der Waals surface area contributed by atoms with E-state index in [0.717, 1.165) is 38.0 Å². The number of hydrogen-bond donors (Lipinski definition) is 2. The van der Waals surface area contributed by atoms with Crippen molar-refractivity contribution < 1.29 is 4.79 Å². The Morgan fingerprint density at radius 2 is 2.28 bits per heavy atom. The zero-order valence-corrected chi connectivity index (χ0v) is 10.5. The van der Waals surface area contributed by atoms with Gasteiger partial charge in [0.2, 0.25) is 5.91 Å². The molecule has 1 amide bonds. The molecule has 1 aliphatic carbocycles. The lowest BCUT2D eigenvalue weighted by molar-refractivity contribution is -0.121. The quantitative estimate of drug-likeness (QED) is 0.728. The van der Waals surface area contributed by atoms with Crippen LogP contribution in [-0.4, -0.2) is 30.4 Å². The van der Waals surface area contributed by atoms with Gasteiger partial charge in [-0.15, -0.1) is 0 Å². The Labute approximate surface area is 107 Å². The number of anilines is 1. The number of hydrogen-bond acceptors (Lipinski definition) is 3. The van der Waals surface area contributed by atoms with Crippen LogP contribution in [0.1, 0.15) is 30.0 Å². The normalized spacial score (nSPS) is 24.4. The molecule has 0 radical (unpaired) electrons. The molecule has 1 aromatic rings. The lowest BCUT2D eigenvalue weighted by Crippen LogP contribution is -2.35. The lowest BCUT2D eigenvalue weighted by Gasteiger charge is -2.27. The van der Waals surface area contributed by atoms with Gasteiger partial charge in [0.05, 0.1) is 6.54 Å². The van der Waals surface area contributed by atoms with Gasteiger partial charge in [-0.3, -0.25) is 9.69 Å². The summed E-state index contributed by atoms with van der Waals surface area (Å²) in [7, 11) is 0. The predicted octanol–water partition coefficient (Wildman–Crippen LogP) is 1.08. The average Bonchev–Trinajstić information content (AvgIpc) is 2.63. The molecule has 1 unspecified atom stereocenters. The summed E-state index contributed by atoms with van der Waals surface area (Å²) in [6, 6.07) is 6.57. The van der Waals surface area contributed by atoms with Gasteiger partial charge in [-0.05, 0) is 42.5 Å². The summed E-state index contributed by atoms with van der Waals surface area (Å²) >= 11 is 0. The van der Waals surface area contributed by atoms with Crippen molar-refractivity contribution in [2.45, 2.75) is 25.3 Å². The van der Waals surface area contributed by atoms with Gasteiger partial charge in [-0.2, -0.15) is 0 Å². The SMILES string of the molecule is Nc1ccc2c(c1)CCC2N1CCCNC(=O)C1. The van der Waals surface area contributed by atoms with Crippen LogP contribution in [0.3, 0.4) is 0 Å². The number of rotatable bonds is 1. The van der Waals surface area contributed by atoms with Crippen molar-refractivity contribution in [3.05, 3.63) is 29.3 Å². The van der Waals surface area contributed by atoms with Crippen molar-refractivity contribution in [2.75, 3.05) is 25.4 Å². The number of aryl methyl sites for hydroxylation is 1. The molecule has 0 aromatic heterocycles. The summed E-state index contributed by atoms with van der Waals surface area (Å²) in [4.78, 5) is 14.0. The molecule has 4 nitrogen and oxygen atoms in total. The second kappa shape index (κ2) is 4.61. The van der Waals surface area contributed by atoms with Crippen molar-refractivity contribution in [3.8, 4) is 0 Å². The van der Waals surface area contributed by atoms with E-state index >= 15 is 0 Å². The van der Waals surface area contributed by atoms with Crippen LogP contribution in [0.2, 0.25) is 0 Å². The number of amides is 1. The first kappa shape index (κ1) is 11.5. The summed E-state index contributed by atoms with van der Waals surface area (Å²) in [6.07, 6.45) is 3.21. The molecule has 2 aliphatic rings. The summed E-state index contributed by atoms with van der Waals surface area (Å²) < 4.78 is 0. The van der Waals surface area contributed by atoms with E-state index in [4.69, 9.17) is 5.73 Å². The van der Waals surface area contributed by atoms with Gasteiger partial charge in [-0.1, -0.05) is 6.07 Å². The van der Waals surface area contributed by atoms with Crippen molar-refractivity contribution >= 4 is 11.6 Å². The maximum atomic E-state index is 11.6. The molecule has 1 atom stereocenters. The van der Waals surface area contributed by atoms with E-state index in [1.165, 1.54) is 11.1 Å². The van der Waals surface area contributed by atoms with Crippen molar-refractivity contribution in [3.63, 3.8) is 0 Å². The number of nitrogens with one attached hydrogen (secondary N) is 1. The second-order valence-corrected chi connectivity index (χ2v) is 5.19. The van der Waals surface area contributed by atoms with Crippen molar-refractivity contribution in [1.29, 1.82) is 0 Å². The molecule has 1 aromatic carbocycles. The molecule has 3 N–H and O–H groups in total. The molecule has 1 saturated heterocycles. The van der Waals surface area contributed by atoms with Gasteiger partial charge in [0, 0.05) is 24.8 Å². The average molecular weight is 245 g/mol. The summed E-state index contributed by atoms with van der Waals surface area (Å²) in [5.74, 6) is 0.149. The van der Waals surface area contributed by atoms with Crippen LogP contribution in [0.25, 0.3) is 0 Å². The first-order chi connectivity index (χ1) is 8.74. The highest BCUT2D eigenvalue weighted by Crippen LogP contribution is 2.36. The molecule has 0 saturated carbocycles. The maximum Gasteiger partial charge on any atom is 0.234 e. The van der Waals surface area contributed by atoms with E-state index in [2.05, 4.69) is 22.3 Å². The third-order valence-corrected chi connectivity index (χ3v) is 3.94. The highest BCUT2D eigenvalue weighted by molar-refractivity contribution is 5.78. The van der Waals surface area contributed by atoms with Gasteiger partial charge in [0.1, 0.15) is 0 Å². The van der Waals surface area contributed by atoms with Crippen LogP contribution in [0.15, 0.2) is 18.2 Å². The fourth-order valence-corrected chi connectivity index (χ4v) is 3.09. The Hall–Kier alpha value is -1.55. The van der Waals surface area contributed by atoms with Gasteiger partial charge in [-0.25, -0.2) is 0 Å². The van der Waals surface area contributed by atoms with E-state index in [9.17, 15) is 4.79 Å². The minimum absolute atomic E-state index is 0.149. The molecule has 0 spiro atoms. The Morgan fingerprint density at radius 3 is 3.17 bits per heavy atom. The fourth-order valence-electron chi connectivity index (χ4n) is 3.09. The molecule has 96 valence electrons. The molecule has 1 aliphatic heterocycles. The van der Waals surface area contributed by atoms with Gasteiger partial charge in [0.15, 0.2) is 0 Å². The minimum atomic E-state index is 0.149. The van der Waals surface area contributed by atoms with Crippen LogP contribution >= 0.6 is 0 Å². The van der Waals surface area contributed by atoms with E-state index < -0.39 is 0 Å². The predicted molar refractivity (Wildman–Crippen MR) is 71.1 cm³/mol. The molecule has 4 heteroatoms. The molecular weight excluding hydrogens is 226 g/mol. The van der Waals surface area contributed by atoms with E-state index in [1.54, 1.807) is 0 Å². The Balaban J connectivity index is 1.84. The van der Waals surface area contributed by atoms with Crippen LogP contribution < -0.4 is 11.1 Å².